The van der Waals surface area contributed by atoms with E-state index in [4.69, 9.17) is 0 Å². The van der Waals surface area contributed by atoms with Crippen LogP contribution in [0.25, 0.3) is 21.5 Å². The molecule has 7 rings (SSSR count). The molecule has 0 N–H and O–H groups in total. The van der Waals surface area contributed by atoms with Crippen molar-refractivity contribution in [2.24, 2.45) is 5.92 Å². The first-order valence-corrected chi connectivity index (χ1v) is 14.8. The number of ketones is 2. The molecule has 41 heavy (non-hydrogen) atoms. The zero-order chi connectivity index (χ0) is 28.2. The lowest BCUT2D eigenvalue weighted by Crippen LogP contribution is -2.17. The first kappa shape index (κ1) is 25.4. The van der Waals surface area contributed by atoms with Gasteiger partial charge in [0.15, 0.2) is 11.6 Å². The summed E-state index contributed by atoms with van der Waals surface area (Å²) >= 11 is 1.65. The molecule has 1 aliphatic carbocycles. The summed E-state index contributed by atoms with van der Waals surface area (Å²) in [5.41, 5.74) is 6.95. The molecule has 200 valence electrons. The minimum Gasteiger partial charge on any atom is -0.301 e. The monoisotopic (exact) mass is 551 g/mol. The predicted octanol–water partition coefficient (Wildman–Crippen LogP) is 9.69. The van der Waals surface area contributed by atoms with E-state index in [1.165, 1.54) is 27.5 Å². The minimum absolute atomic E-state index is 0.0682. The molecule has 0 radical (unpaired) electrons. The zero-order valence-corrected chi connectivity index (χ0v) is 24.1. The molecule has 0 unspecified atom stereocenters. The number of aryl methyl sites for hydroxylation is 3. The van der Waals surface area contributed by atoms with Gasteiger partial charge in [-0.15, -0.1) is 11.3 Å². The third-order valence-corrected chi connectivity index (χ3v) is 9.24. The maximum atomic E-state index is 13.5. The van der Waals surface area contributed by atoms with Gasteiger partial charge >= 0.3 is 0 Å². The maximum absolute atomic E-state index is 13.5. The lowest BCUT2D eigenvalue weighted by Gasteiger charge is -2.26. The van der Waals surface area contributed by atoms with Gasteiger partial charge in [-0.1, -0.05) is 60.7 Å². The number of hydrogen-bond acceptors (Lipinski definition) is 4. The summed E-state index contributed by atoms with van der Waals surface area (Å²) in [7, 11) is 0. The summed E-state index contributed by atoms with van der Waals surface area (Å²) in [6, 6.07) is 35.4. The molecule has 0 saturated carbocycles. The van der Waals surface area contributed by atoms with Gasteiger partial charge in [0.1, 0.15) is 5.00 Å². The van der Waals surface area contributed by atoms with E-state index < -0.39 is 5.92 Å². The second kappa shape index (κ2) is 9.83. The number of nitrogens with zero attached hydrogens (tertiary/aromatic N) is 1. The number of Topliss-reactive ketones (excluding diaryl/α,β-unsaturated/α-hetero) is 2. The van der Waals surface area contributed by atoms with Crippen LogP contribution >= 0.6 is 11.3 Å². The number of hydrogen-bond donors (Lipinski definition) is 0. The number of thiophene rings is 1. The lowest BCUT2D eigenvalue weighted by atomic mass is 9.99. The van der Waals surface area contributed by atoms with Crippen LogP contribution in [0, 0.1) is 26.7 Å². The first-order valence-electron chi connectivity index (χ1n) is 13.9. The van der Waals surface area contributed by atoms with Crippen molar-refractivity contribution < 1.29 is 9.59 Å². The summed E-state index contributed by atoms with van der Waals surface area (Å²) in [5.74, 6) is -0.814. The van der Waals surface area contributed by atoms with Crippen LogP contribution in [0.5, 0.6) is 0 Å². The maximum Gasteiger partial charge on any atom is 0.174 e. The van der Waals surface area contributed by atoms with Crippen LogP contribution in [-0.4, -0.2) is 11.6 Å². The molecule has 0 fully saturated rings. The average Bonchev–Trinajstić information content (AvgIpc) is 3.51. The van der Waals surface area contributed by atoms with Gasteiger partial charge in [0.25, 0.3) is 0 Å². The standard InChI is InChI=1S/C37H29NO2S/c1-22-16-23(2)18-27(17-22)38(34-14-12-24(3)29-10-6-7-11-30(29)34)35-15-13-28(41-35)21-33-36(39)31-19-25-8-4-5-9-26(25)20-32(31)37(33)40/h4-20,33H,21H2,1-3H3. The van der Waals surface area contributed by atoms with Crippen molar-refractivity contribution >= 4 is 60.8 Å². The third kappa shape index (κ3) is 4.36. The smallest absolute Gasteiger partial charge is 0.174 e. The van der Waals surface area contributed by atoms with E-state index in [1.807, 2.05) is 36.4 Å². The molecule has 4 heteroatoms. The lowest BCUT2D eigenvalue weighted by molar-refractivity contribution is 0.0839. The van der Waals surface area contributed by atoms with Crippen LogP contribution in [0.4, 0.5) is 16.4 Å². The average molecular weight is 552 g/mol. The summed E-state index contributed by atoms with van der Waals surface area (Å²) in [4.78, 5) is 30.3. The van der Waals surface area contributed by atoms with Crippen LogP contribution in [-0.2, 0) is 6.42 Å². The normalized spacial score (nSPS) is 13.3. The Labute approximate surface area is 243 Å². The Morgan fingerprint density at radius 3 is 1.93 bits per heavy atom. The van der Waals surface area contributed by atoms with Crippen molar-refractivity contribution in [3.63, 3.8) is 0 Å². The largest absolute Gasteiger partial charge is 0.301 e. The van der Waals surface area contributed by atoms with Gasteiger partial charge in [-0.3, -0.25) is 9.59 Å². The highest BCUT2D eigenvalue weighted by atomic mass is 32.1. The molecule has 1 aliphatic rings. The first-order chi connectivity index (χ1) is 19.9. The van der Waals surface area contributed by atoms with Gasteiger partial charge in [-0.2, -0.15) is 0 Å². The number of benzene rings is 5. The van der Waals surface area contributed by atoms with Crippen molar-refractivity contribution in [1.29, 1.82) is 0 Å². The minimum atomic E-state index is -0.678. The number of rotatable bonds is 5. The summed E-state index contributed by atoms with van der Waals surface area (Å²) in [5, 5.41) is 5.44. The summed E-state index contributed by atoms with van der Waals surface area (Å²) in [6.45, 7) is 6.40. The third-order valence-electron chi connectivity index (χ3n) is 8.15. The van der Waals surface area contributed by atoms with Crippen LogP contribution in [0.2, 0.25) is 0 Å². The topological polar surface area (TPSA) is 37.4 Å². The SMILES string of the molecule is Cc1cc(C)cc(N(c2ccc(CC3C(=O)c4cc5ccccc5cc4C3=O)s2)c2ccc(C)c3ccccc23)c1. The molecule has 0 aliphatic heterocycles. The number of fused-ring (bicyclic) bond motifs is 3. The van der Waals surface area contributed by atoms with Crippen molar-refractivity contribution in [2.45, 2.75) is 27.2 Å². The number of carbonyl (C=O) groups is 2. The van der Waals surface area contributed by atoms with Crippen LogP contribution in [0.3, 0.4) is 0 Å². The number of carbonyl (C=O) groups excluding carboxylic acids is 2. The fourth-order valence-electron chi connectivity index (χ4n) is 6.22. The van der Waals surface area contributed by atoms with Gasteiger partial charge in [0, 0.05) is 27.1 Å². The summed E-state index contributed by atoms with van der Waals surface area (Å²) < 4.78 is 0. The Morgan fingerprint density at radius 2 is 1.27 bits per heavy atom. The number of anilines is 3. The van der Waals surface area contributed by atoms with Crippen LogP contribution in [0.1, 0.15) is 42.3 Å². The summed E-state index contributed by atoms with van der Waals surface area (Å²) in [6.07, 6.45) is 0.405. The van der Waals surface area contributed by atoms with E-state index in [-0.39, 0.29) is 11.6 Å². The molecular formula is C37H29NO2S. The van der Waals surface area contributed by atoms with E-state index in [0.717, 1.165) is 32.0 Å². The molecule has 0 saturated heterocycles. The predicted molar refractivity (Wildman–Crippen MR) is 171 cm³/mol. The Hall–Kier alpha value is -4.54. The van der Waals surface area contributed by atoms with Gasteiger partial charge in [-0.25, -0.2) is 0 Å². The Morgan fingerprint density at radius 1 is 0.659 bits per heavy atom. The molecule has 5 aromatic carbocycles. The molecule has 0 spiro atoms. The highest BCUT2D eigenvalue weighted by molar-refractivity contribution is 7.16. The molecule has 1 heterocycles. The highest BCUT2D eigenvalue weighted by Crippen LogP contribution is 2.44. The molecule has 0 atom stereocenters. The second-order valence-corrected chi connectivity index (χ2v) is 12.2. The Kier molecular flexibility index (Phi) is 6.09. The second-order valence-electron chi connectivity index (χ2n) is 11.1. The van der Waals surface area contributed by atoms with E-state index in [0.29, 0.717) is 17.5 Å². The Bertz CT molecular complexity index is 1940. The van der Waals surface area contributed by atoms with E-state index in [2.05, 4.69) is 92.4 Å². The van der Waals surface area contributed by atoms with Gasteiger partial charge in [-0.05, 0) is 103 Å². The van der Waals surface area contributed by atoms with Gasteiger partial charge in [0.2, 0.25) is 0 Å². The Balaban J connectivity index is 1.29. The van der Waals surface area contributed by atoms with E-state index >= 15 is 0 Å². The quantitative estimate of drug-likeness (QED) is 0.200. The molecule has 0 bridgehead atoms. The van der Waals surface area contributed by atoms with Crippen LogP contribution < -0.4 is 4.90 Å². The van der Waals surface area contributed by atoms with Crippen LogP contribution in [0.15, 0.2) is 103 Å². The van der Waals surface area contributed by atoms with Gasteiger partial charge in [0.05, 0.1) is 11.6 Å². The fraction of sp³-hybridized carbons (Fsp3) is 0.135. The van der Waals surface area contributed by atoms with Crippen molar-refractivity contribution in [3.8, 4) is 0 Å². The fourth-order valence-corrected chi connectivity index (χ4v) is 7.30. The zero-order valence-electron chi connectivity index (χ0n) is 23.3. The van der Waals surface area contributed by atoms with Crippen molar-refractivity contribution in [2.75, 3.05) is 4.90 Å². The molecule has 0 amide bonds. The molecule has 6 aromatic rings. The van der Waals surface area contributed by atoms with Crippen molar-refractivity contribution in [3.05, 3.63) is 136 Å². The molecular weight excluding hydrogens is 522 g/mol. The molecule has 1 aromatic heterocycles. The van der Waals surface area contributed by atoms with E-state index in [9.17, 15) is 9.59 Å². The van der Waals surface area contributed by atoms with Gasteiger partial charge < -0.3 is 4.90 Å². The highest BCUT2D eigenvalue weighted by Gasteiger charge is 2.39. The van der Waals surface area contributed by atoms with E-state index in [1.54, 1.807) is 11.3 Å². The van der Waals surface area contributed by atoms with Crippen molar-refractivity contribution in [1.82, 2.24) is 0 Å². The molecule has 3 nitrogen and oxygen atoms in total.